The number of terminal acetylenes is 1. The summed E-state index contributed by atoms with van der Waals surface area (Å²) in [5, 5.41) is 58.4. The minimum atomic E-state index is -1.46. The maximum atomic E-state index is 13.3. The van der Waals surface area contributed by atoms with Crippen LogP contribution >= 0.6 is 0 Å². The van der Waals surface area contributed by atoms with Crippen molar-refractivity contribution < 1.29 is 89.5 Å². The van der Waals surface area contributed by atoms with E-state index in [9.17, 15) is 68.2 Å². The quantitative estimate of drug-likeness (QED) is 0.0214. The van der Waals surface area contributed by atoms with Gasteiger partial charge in [0.2, 0.25) is 35.4 Å². The molecular formula is C48H62N12O19. The highest BCUT2D eigenvalue weighted by atomic mass is 17.3. The van der Waals surface area contributed by atoms with E-state index in [0.717, 1.165) is 43.2 Å². The van der Waals surface area contributed by atoms with E-state index in [4.69, 9.17) is 37.8 Å². The number of nitrogens with one attached hydrogen (secondary N) is 7. The third-order valence-corrected chi connectivity index (χ3v) is 11.7. The van der Waals surface area contributed by atoms with Crippen molar-refractivity contribution in [1.29, 1.82) is 0 Å². The summed E-state index contributed by atoms with van der Waals surface area (Å²) in [5.41, 5.74) is 10.9. The molecule has 0 saturated heterocycles. The maximum Gasteiger partial charge on any atom is 0.303 e. The summed E-state index contributed by atoms with van der Waals surface area (Å²) in [5.74, 6) is -5.40. The van der Waals surface area contributed by atoms with Crippen LogP contribution in [-0.2, 0) is 48.2 Å². The van der Waals surface area contributed by atoms with E-state index in [1.807, 2.05) is 12.8 Å². The van der Waals surface area contributed by atoms with Crippen molar-refractivity contribution in [1.82, 2.24) is 31.9 Å². The van der Waals surface area contributed by atoms with Crippen LogP contribution in [0.25, 0.3) is 0 Å². The molecular weight excluding hydrogens is 1050 g/mol. The highest BCUT2D eigenvalue weighted by molar-refractivity contribution is 6.04. The van der Waals surface area contributed by atoms with Gasteiger partial charge in [0.25, 0.3) is 23.2 Å². The predicted octanol–water partition coefficient (Wildman–Crippen LogP) is -1.88. The smallest absolute Gasteiger partial charge is 0.303 e. The second-order valence-corrected chi connectivity index (χ2v) is 17.5. The molecule has 2 aromatic carbocycles. The van der Waals surface area contributed by atoms with Crippen LogP contribution in [0.4, 0.5) is 17.1 Å². The third-order valence-electron chi connectivity index (χ3n) is 11.7. The molecule has 8 amide bonds. The van der Waals surface area contributed by atoms with E-state index in [-0.39, 0.29) is 56.2 Å². The summed E-state index contributed by atoms with van der Waals surface area (Å²) in [6, 6.07) is -1.36. The fourth-order valence-corrected chi connectivity index (χ4v) is 7.51. The zero-order valence-corrected chi connectivity index (χ0v) is 42.7. The SMILES string of the molecule is C#CC#COO[NH2+]CCCCC1NC(=O)C(CCC(=O)O)NC(=O)c2cc([N+](=O)[O-])ccc2OC(C)[C@H](C(N)=O)NC1=O.CCCCCC1NC(=O)C(CCC(=O)O)NC(=O)c2cc([N+](=O)[O-])ccc2NCC(C(N)=O)NC1=O.[H-]. The second-order valence-electron chi connectivity index (χ2n) is 17.5. The van der Waals surface area contributed by atoms with Gasteiger partial charge in [-0.15, -0.1) is 6.42 Å². The van der Waals surface area contributed by atoms with Crippen LogP contribution in [0, 0.1) is 44.6 Å². The number of carbonyl (C=O) groups excluding carboxylic acids is 8. The first-order chi connectivity index (χ1) is 37.5. The Bertz CT molecular complexity index is 2730. The number of carbonyl (C=O) groups is 10. The number of non-ortho nitro benzene ring substituents is 2. The van der Waals surface area contributed by atoms with Gasteiger partial charge in [0.15, 0.2) is 6.11 Å². The van der Waals surface area contributed by atoms with Gasteiger partial charge < -0.3 is 65.1 Å². The number of primary amides is 2. The van der Waals surface area contributed by atoms with E-state index >= 15 is 0 Å². The highest BCUT2D eigenvalue weighted by Crippen LogP contribution is 2.27. The predicted molar refractivity (Wildman–Crippen MR) is 272 cm³/mol. The Morgan fingerprint density at radius 2 is 1.24 bits per heavy atom. The van der Waals surface area contributed by atoms with Gasteiger partial charge >= 0.3 is 11.9 Å². The monoisotopic (exact) mass is 1110 g/mol. The van der Waals surface area contributed by atoms with Gasteiger partial charge in [-0.05, 0) is 63.5 Å². The van der Waals surface area contributed by atoms with Crippen LogP contribution in [0.1, 0.15) is 107 Å². The number of nitrogens with two attached hydrogens (primary N) is 3. The molecule has 2 aromatic rings. The number of nitro benzene ring substituents is 2. The minimum Gasteiger partial charge on any atom is -1.00 e. The average molecular weight is 1110 g/mol. The van der Waals surface area contributed by atoms with E-state index in [1.54, 1.807) is 0 Å². The molecule has 2 aliphatic rings. The molecule has 0 fully saturated rings. The van der Waals surface area contributed by atoms with Gasteiger partial charge in [-0.3, -0.25) is 68.2 Å². The number of hydroxylamine groups is 1. The lowest BCUT2D eigenvalue weighted by Crippen LogP contribution is -2.82. The van der Waals surface area contributed by atoms with Crippen LogP contribution in [0.3, 0.4) is 0 Å². The Hall–Kier alpha value is -9.62. The summed E-state index contributed by atoms with van der Waals surface area (Å²) in [4.78, 5) is 156. The Balaban J connectivity index is 0.000000548. The number of nitro groups is 2. The first-order valence-corrected chi connectivity index (χ1v) is 24.4. The van der Waals surface area contributed by atoms with E-state index < -0.39 is 136 Å². The van der Waals surface area contributed by atoms with Crippen LogP contribution in [0.5, 0.6) is 5.75 Å². The van der Waals surface area contributed by atoms with Crippen LogP contribution in [0.15, 0.2) is 36.4 Å². The molecule has 79 heavy (non-hydrogen) atoms. The van der Waals surface area contributed by atoms with Crippen molar-refractivity contribution in [2.45, 2.75) is 127 Å². The van der Waals surface area contributed by atoms with Gasteiger partial charge in [-0.1, -0.05) is 26.2 Å². The minimum absolute atomic E-state index is 0. The summed E-state index contributed by atoms with van der Waals surface area (Å²) in [7, 11) is 0. The number of rotatable bonds is 21. The zero-order chi connectivity index (χ0) is 58.8. The molecule has 31 heteroatoms. The Morgan fingerprint density at radius 1 is 0.734 bits per heavy atom. The third kappa shape index (κ3) is 21.1. The molecule has 428 valence electrons. The van der Waals surface area contributed by atoms with Crippen molar-refractivity contribution in [2.75, 3.05) is 18.4 Å². The summed E-state index contributed by atoms with van der Waals surface area (Å²) < 4.78 is 5.74. The number of hydrogen-bond acceptors (Lipinski definition) is 18. The number of benzene rings is 2. The standard InChI is InChI=1S/C26H30N6O11.C22H30N6O8.H/c1-3-4-13-41-43-28-12-6-5-7-18-26(38)31-22(23(27)35)15(2)42-20-10-8-16(32(39)40)14-17(20)24(36)29-19(25(37)30-18)9-11-21(33)34;1-2-3-4-5-15-21(33)27-17(19(23)31)11-24-14-7-6-12(28(35)36)10-13(14)20(32)25-16(22(34)26-15)8-9-18(29)30;/h1,8,10,14-15,18-19,22,28H,5-7,9,11-12H2,2H3,(H2,27,35)(H,29,36)(H,30,37)(H,31,38)(H,33,34);6-7,10,15-17,24H,2-5,8-9,11H2,1H3,(H2,23,31)(H,25,32)(H,26,34)(H,27,33)(H,29,30);/q;;-1/p+1/t15?,18?,19?,22-;;/m1../s1. The number of ether oxygens (including phenoxy) is 1. The van der Waals surface area contributed by atoms with Crippen molar-refractivity contribution >= 4 is 76.3 Å². The molecule has 0 radical (unpaired) electrons. The number of fused-ring (bicyclic) bond motifs is 2. The lowest BCUT2D eigenvalue weighted by atomic mass is 10.0. The molecule has 15 N–H and O–H groups in total. The zero-order valence-electron chi connectivity index (χ0n) is 43.7. The summed E-state index contributed by atoms with van der Waals surface area (Å²) in [6.07, 6.45) is 7.50. The lowest BCUT2D eigenvalue weighted by molar-refractivity contribution is -0.960. The van der Waals surface area contributed by atoms with E-state index in [2.05, 4.69) is 54.1 Å². The van der Waals surface area contributed by atoms with Crippen molar-refractivity contribution in [3.63, 3.8) is 0 Å². The van der Waals surface area contributed by atoms with Crippen molar-refractivity contribution in [3.8, 4) is 30.1 Å². The van der Waals surface area contributed by atoms with Gasteiger partial charge in [-0.2, -0.15) is 5.48 Å². The maximum absolute atomic E-state index is 13.3. The molecule has 6 unspecified atom stereocenters. The number of aliphatic carboxylic acids is 2. The first-order valence-electron chi connectivity index (χ1n) is 24.4. The largest absolute Gasteiger partial charge is 1.00 e. The number of carboxylic acid groups (broad SMARTS) is 2. The van der Waals surface area contributed by atoms with Crippen molar-refractivity contribution in [3.05, 3.63) is 67.8 Å². The van der Waals surface area contributed by atoms with Crippen LogP contribution in [0.2, 0.25) is 0 Å². The topological polar surface area (TPSA) is 478 Å². The number of hydrogen-bond donors (Lipinski definition) is 12. The molecule has 0 aliphatic carbocycles. The van der Waals surface area contributed by atoms with E-state index in [0.29, 0.717) is 25.8 Å². The van der Waals surface area contributed by atoms with Gasteiger partial charge in [0.1, 0.15) is 54.6 Å². The van der Waals surface area contributed by atoms with Gasteiger partial charge in [-0.25, -0.2) is 4.89 Å². The fourth-order valence-electron chi connectivity index (χ4n) is 7.51. The summed E-state index contributed by atoms with van der Waals surface area (Å²) >= 11 is 0. The molecule has 2 heterocycles. The Kier molecular flexibility index (Phi) is 25.9. The molecule has 0 spiro atoms. The van der Waals surface area contributed by atoms with E-state index in [1.165, 1.54) is 18.5 Å². The normalized spacial score (nSPS) is 20.5. The van der Waals surface area contributed by atoms with Crippen LogP contribution < -0.4 is 58.9 Å². The second kappa shape index (κ2) is 32.1. The fraction of sp³-hybridized carbons (Fsp3) is 0.458. The number of anilines is 1. The Labute approximate surface area is 451 Å². The molecule has 31 nitrogen and oxygen atoms in total. The summed E-state index contributed by atoms with van der Waals surface area (Å²) in [6.45, 7) is 3.46. The Morgan fingerprint density at radius 3 is 1.76 bits per heavy atom. The number of nitrogens with zero attached hydrogens (tertiary/aromatic N) is 2. The van der Waals surface area contributed by atoms with Crippen LogP contribution in [-0.4, -0.2) is 135 Å². The molecule has 4 rings (SSSR count). The van der Waals surface area contributed by atoms with Crippen molar-refractivity contribution in [2.24, 2.45) is 11.5 Å². The molecule has 7 atom stereocenters. The highest BCUT2D eigenvalue weighted by Gasteiger charge is 2.36. The van der Waals surface area contributed by atoms with Gasteiger partial charge in [0.05, 0.1) is 21.0 Å². The van der Waals surface area contributed by atoms with Gasteiger partial charge in [0, 0.05) is 60.2 Å². The average Bonchev–Trinajstić information content (AvgIpc) is 3.40. The lowest BCUT2D eigenvalue weighted by Gasteiger charge is -2.26. The number of unbranched alkanes of at least 4 members (excludes halogenated alkanes) is 3. The first kappa shape index (κ1) is 63.7. The molecule has 2 aliphatic heterocycles. The number of quaternary nitrogens is 1. The molecule has 0 saturated carbocycles. The molecule has 0 bridgehead atoms. The number of carboxylic acids is 2. The molecule has 0 aromatic heterocycles. The number of amides is 8.